The SMILES string of the molecule is Fc1c(Cl)cnc(Cc2ccccc2)c1Cl. The fraction of sp³-hybridized carbons (Fsp3) is 0.0833. The van der Waals surface area contributed by atoms with Crippen LogP contribution in [0.1, 0.15) is 11.3 Å². The standard InChI is InChI=1S/C12H8Cl2FN/c13-9-7-16-10(11(14)12(9)15)6-8-4-2-1-3-5-8/h1-5,7H,6H2. The molecule has 16 heavy (non-hydrogen) atoms. The highest BCUT2D eigenvalue weighted by atomic mass is 35.5. The fourth-order valence-corrected chi connectivity index (χ4v) is 1.80. The largest absolute Gasteiger partial charge is 0.258 e. The summed E-state index contributed by atoms with van der Waals surface area (Å²) in [7, 11) is 0. The quantitative estimate of drug-likeness (QED) is 0.787. The summed E-state index contributed by atoms with van der Waals surface area (Å²) in [5.41, 5.74) is 1.52. The van der Waals surface area contributed by atoms with Gasteiger partial charge in [0.05, 0.1) is 15.7 Å². The molecule has 82 valence electrons. The van der Waals surface area contributed by atoms with Gasteiger partial charge in [0, 0.05) is 12.6 Å². The van der Waals surface area contributed by atoms with Gasteiger partial charge in [-0.15, -0.1) is 0 Å². The van der Waals surface area contributed by atoms with Gasteiger partial charge in [-0.25, -0.2) is 4.39 Å². The lowest BCUT2D eigenvalue weighted by molar-refractivity contribution is 0.623. The van der Waals surface area contributed by atoms with E-state index in [4.69, 9.17) is 23.2 Å². The maximum atomic E-state index is 13.4. The van der Waals surface area contributed by atoms with Crippen LogP contribution in [0.4, 0.5) is 4.39 Å². The Morgan fingerprint density at radius 3 is 2.50 bits per heavy atom. The average molecular weight is 256 g/mol. The Morgan fingerprint density at radius 2 is 1.81 bits per heavy atom. The Labute approximate surface area is 103 Å². The Kier molecular flexibility index (Phi) is 3.42. The van der Waals surface area contributed by atoms with Crippen molar-refractivity contribution < 1.29 is 4.39 Å². The number of pyridine rings is 1. The molecule has 4 heteroatoms. The molecule has 0 aliphatic rings. The molecule has 0 aliphatic heterocycles. The van der Waals surface area contributed by atoms with E-state index in [9.17, 15) is 4.39 Å². The van der Waals surface area contributed by atoms with E-state index in [-0.39, 0.29) is 10.0 Å². The molecule has 0 aliphatic carbocycles. The van der Waals surface area contributed by atoms with E-state index >= 15 is 0 Å². The van der Waals surface area contributed by atoms with Crippen molar-refractivity contribution in [1.29, 1.82) is 0 Å². The highest BCUT2D eigenvalue weighted by Crippen LogP contribution is 2.25. The van der Waals surface area contributed by atoms with E-state index in [1.54, 1.807) is 0 Å². The van der Waals surface area contributed by atoms with Crippen LogP contribution in [0.15, 0.2) is 36.5 Å². The first-order chi connectivity index (χ1) is 7.68. The molecule has 0 spiro atoms. The molecular weight excluding hydrogens is 248 g/mol. The molecule has 0 saturated carbocycles. The van der Waals surface area contributed by atoms with Crippen molar-refractivity contribution in [2.24, 2.45) is 0 Å². The molecule has 0 unspecified atom stereocenters. The normalized spacial score (nSPS) is 10.4. The molecule has 1 nitrogen and oxygen atoms in total. The van der Waals surface area contributed by atoms with Crippen molar-refractivity contribution in [2.45, 2.75) is 6.42 Å². The second-order valence-electron chi connectivity index (χ2n) is 3.34. The summed E-state index contributed by atoms with van der Waals surface area (Å²) in [5.74, 6) is -0.607. The fourth-order valence-electron chi connectivity index (χ4n) is 1.39. The van der Waals surface area contributed by atoms with E-state index in [0.717, 1.165) is 5.56 Å². The van der Waals surface area contributed by atoms with Gasteiger partial charge < -0.3 is 0 Å². The minimum absolute atomic E-state index is 0.00338. The Balaban J connectivity index is 2.33. The van der Waals surface area contributed by atoms with E-state index in [1.807, 2.05) is 30.3 Å². The van der Waals surface area contributed by atoms with Crippen LogP contribution in [0.5, 0.6) is 0 Å². The molecule has 0 fully saturated rings. The minimum atomic E-state index is -0.607. The van der Waals surface area contributed by atoms with Crippen molar-refractivity contribution in [3.8, 4) is 0 Å². The second kappa shape index (κ2) is 4.81. The molecule has 0 N–H and O–H groups in total. The molecular formula is C12H8Cl2FN. The van der Waals surface area contributed by atoms with Gasteiger partial charge in [0.1, 0.15) is 0 Å². The van der Waals surface area contributed by atoms with Gasteiger partial charge in [-0.05, 0) is 5.56 Å². The smallest absolute Gasteiger partial charge is 0.163 e. The maximum absolute atomic E-state index is 13.4. The van der Waals surface area contributed by atoms with Gasteiger partial charge in [-0.1, -0.05) is 53.5 Å². The zero-order valence-corrected chi connectivity index (χ0v) is 9.76. The van der Waals surface area contributed by atoms with Gasteiger partial charge in [0.25, 0.3) is 0 Å². The number of benzene rings is 1. The van der Waals surface area contributed by atoms with Crippen LogP contribution in [0.3, 0.4) is 0 Å². The Hall–Kier alpha value is -1.12. The number of nitrogens with zero attached hydrogens (tertiary/aromatic N) is 1. The highest BCUT2D eigenvalue weighted by molar-refractivity contribution is 6.35. The summed E-state index contributed by atoms with van der Waals surface area (Å²) in [6.07, 6.45) is 1.77. The van der Waals surface area contributed by atoms with Crippen molar-refractivity contribution in [2.75, 3.05) is 0 Å². The highest BCUT2D eigenvalue weighted by Gasteiger charge is 2.11. The monoisotopic (exact) mass is 255 g/mol. The minimum Gasteiger partial charge on any atom is -0.258 e. The second-order valence-corrected chi connectivity index (χ2v) is 4.13. The molecule has 1 aromatic carbocycles. The molecule has 0 saturated heterocycles. The summed E-state index contributed by atoms with van der Waals surface area (Å²) in [6, 6.07) is 9.61. The van der Waals surface area contributed by atoms with E-state index < -0.39 is 5.82 Å². The van der Waals surface area contributed by atoms with Crippen LogP contribution >= 0.6 is 23.2 Å². The molecule has 2 rings (SSSR count). The number of halogens is 3. The Morgan fingerprint density at radius 1 is 1.12 bits per heavy atom. The number of hydrogen-bond donors (Lipinski definition) is 0. The van der Waals surface area contributed by atoms with E-state index in [0.29, 0.717) is 12.1 Å². The van der Waals surface area contributed by atoms with Crippen LogP contribution in [0, 0.1) is 5.82 Å². The molecule has 0 bridgehead atoms. The first-order valence-electron chi connectivity index (χ1n) is 4.71. The Bertz CT molecular complexity index is 500. The van der Waals surface area contributed by atoms with Crippen LogP contribution in [-0.4, -0.2) is 4.98 Å². The van der Waals surface area contributed by atoms with Crippen molar-refractivity contribution >= 4 is 23.2 Å². The average Bonchev–Trinajstić information content (AvgIpc) is 2.31. The zero-order valence-electron chi connectivity index (χ0n) is 8.25. The number of hydrogen-bond acceptors (Lipinski definition) is 1. The van der Waals surface area contributed by atoms with Gasteiger partial charge >= 0.3 is 0 Å². The van der Waals surface area contributed by atoms with Gasteiger partial charge in [-0.3, -0.25) is 4.98 Å². The van der Waals surface area contributed by atoms with Crippen molar-refractivity contribution in [1.82, 2.24) is 4.98 Å². The van der Waals surface area contributed by atoms with Crippen LogP contribution in [0.25, 0.3) is 0 Å². The van der Waals surface area contributed by atoms with Gasteiger partial charge in [0.15, 0.2) is 5.82 Å². The van der Waals surface area contributed by atoms with E-state index in [1.165, 1.54) is 6.20 Å². The lowest BCUT2D eigenvalue weighted by Crippen LogP contribution is -1.96. The van der Waals surface area contributed by atoms with Gasteiger partial charge in [0.2, 0.25) is 0 Å². The molecule has 1 aromatic heterocycles. The third-order valence-corrected chi connectivity index (χ3v) is 2.85. The van der Waals surface area contributed by atoms with Gasteiger partial charge in [-0.2, -0.15) is 0 Å². The maximum Gasteiger partial charge on any atom is 0.163 e. The topological polar surface area (TPSA) is 12.9 Å². The van der Waals surface area contributed by atoms with E-state index in [2.05, 4.69) is 4.98 Å². The van der Waals surface area contributed by atoms with Crippen LogP contribution < -0.4 is 0 Å². The summed E-state index contributed by atoms with van der Waals surface area (Å²) in [4.78, 5) is 4.03. The number of aromatic nitrogens is 1. The van der Waals surface area contributed by atoms with Crippen LogP contribution in [-0.2, 0) is 6.42 Å². The summed E-state index contributed by atoms with van der Waals surface area (Å²) in [5, 5.41) is -0.0573. The third-order valence-electron chi connectivity index (χ3n) is 2.20. The predicted octanol–water partition coefficient (Wildman–Crippen LogP) is 4.12. The zero-order chi connectivity index (χ0) is 11.5. The molecule has 2 aromatic rings. The lowest BCUT2D eigenvalue weighted by atomic mass is 10.1. The first-order valence-corrected chi connectivity index (χ1v) is 5.46. The first kappa shape index (κ1) is 11.4. The molecule has 0 amide bonds. The molecule has 0 radical (unpaired) electrons. The molecule has 0 atom stereocenters. The summed E-state index contributed by atoms with van der Waals surface area (Å²) < 4.78 is 13.4. The number of rotatable bonds is 2. The van der Waals surface area contributed by atoms with Crippen molar-refractivity contribution in [3.63, 3.8) is 0 Å². The molecule has 1 heterocycles. The predicted molar refractivity (Wildman–Crippen MR) is 63.5 cm³/mol. The lowest BCUT2D eigenvalue weighted by Gasteiger charge is -2.05. The third kappa shape index (κ3) is 2.34. The summed E-state index contributed by atoms with van der Waals surface area (Å²) >= 11 is 11.4. The van der Waals surface area contributed by atoms with Crippen molar-refractivity contribution in [3.05, 3.63) is 63.6 Å². The summed E-state index contributed by atoms with van der Waals surface area (Å²) in [6.45, 7) is 0. The van der Waals surface area contributed by atoms with Crippen LogP contribution in [0.2, 0.25) is 10.0 Å².